The van der Waals surface area contributed by atoms with Crippen LogP contribution in [0.1, 0.15) is 21.2 Å². The van der Waals surface area contributed by atoms with Gasteiger partial charge < -0.3 is 10.8 Å². The molecule has 0 spiro atoms. The smallest absolute Gasteiger partial charge is 0.369 e. The average molecular weight is 502 g/mol. The summed E-state index contributed by atoms with van der Waals surface area (Å²) in [4.78, 5) is 27.9. The molecule has 3 rings (SSSR count). The van der Waals surface area contributed by atoms with Crippen molar-refractivity contribution in [2.75, 3.05) is 5.75 Å². The molecule has 3 N–H and O–H groups in total. The lowest BCUT2D eigenvalue weighted by Crippen LogP contribution is -2.59. The van der Waals surface area contributed by atoms with Crippen LogP contribution < -0.4 is 5.73 Å². The van der Waals surface area contributed by atoms with E-state index in [1.165, 1.54) is 35.7 Å². The highest BCUT2D eigenvalue weighted by atomic mass is 35.5. The number of ketones is 1. The lowest BCUT2D eigenvalue weighted by atomic mass is 9.68. The number of benzene rings is 1. The number of rotatable bonds is 5. The molecule has 1 amide bonds. The van der Waals surface area contributed by atoms with Crippen LogP contribution in [0.25, 0.3) is 0 Å². The zero-order chi connectivity index (χ0) is 23.7. The van der Waals surface area contributed by atoms with Gasteiger partial charge in [-0.1, -0.05) is 47.6 Å². The number of alkyl halides is 3. The first-order chi connectivity index (χ1) is 15.0. The predicted octanol–water partition coefficient (Wildman–Crippen LogP) is 4.01. The molecule has 2 heterocycles. The first-order valence-electron chi connectivity index (χ1n) is 9.03. The molecular formula is C20H15ClF3N3O3S2. The number of carbonyl (C=O) groups excluding carboxylic acids is 2. The van der Waals surface area contributed by atoms with Crippen molar-refractivity contribution in [2.45, 2.75) is 17.8 Å². The molecule has 0 bridgehead atoms. The molecular weight excluding hydrogens is 487 g/mol. The van der Waals surface area contributed by atoms with Gasteiger partial charge in [-0.05, 0) is 23.1 Å². The predicted molar refractivity (Wildman–Crippen MR) is 116 cm³/mol. The summed E-state index contributed by atoms with van der Waals surface area (Å²) in [6.45, 7) is 0. The quantitative estimate of drug-likeness (QED) is 0.600. The molecule has 1 aromatic carbocycles. The fraction of sp³-hybridized carbons (Fsp3) is 0.300. The first-order valence-corrected chi connectivity index (χ1v) is 11.3. The number of nitriles is 1. The molecule has 2 aromatic rings. The minimum absolute atomic E-state index is 0.0207. The van der Waals surface area contributed by atoms with E-state index in [-0.39, 0.29) is 15.5 Å². The van der Waals surface area contributed by atoms with Crippen molar-refractivity contribution in [1.29, 1.82) is 5.26 Å². The highest BCUT2D eigenvalue weighted by Crippen LogP contribution is 2.53. The van der Waals surface area contributed by atoms with E-state index in [0.717, 1.165) is 11.3 Å². The van der Waals surface area contributed by atoms with E-state index in [9.17, 15) is 33.1 Å². The van der Waals surface area contributed by atoms with Crippen LogP contribution in [0.4, 0.5) is 13.2 Å². The number of aliphatic imine (C=N–C) groups is 1. The third-order valence-electron chi connectivity index (χ3n) is 4.93. The lowest BCUT2D eigenvalue weighted by Gasteiger charge is -2.44. The Morgan fingerprint density at radius 1 is 1.31 bits per heavy atom. The van der Waals surface area contributed by atoms with Gasteiger partial charge in [-0.25, -0.2) is 4.99 Å². The maximum Gasteiger partial charge on any atom is 0.439 e. The SMILES string of the molecule is N#CC1C(SCC(N)=O)=N[C@@](O)(C(F)(F)F)[C@H](C(=O)c2cccs2)[C@@H]1c1ccccc1Cl. The van der Waals surface area contributed by atoms with Gasteiger partial charge >= 0.3 is 6.18 Å². The number of primary amides is 1. The molecule has 0 radical (unpaired) electrons. The van der Waals surface area contributed by atoms with Gasteiger partial charge in [0.05, 0.1) is 27.7 Å². The minimum Gasteiger partial charge on any atom is -0.369 e. The Kier molecular flexibility index (Phi) is 7.00. The maximum atomic E-state index is 14.2. The summed E-state index contributed by atoms with van der Waals surface area (Å²) in [5.74, 6) is -7.42. The van der Waals surface area contributed by atoms with Crippen LogP contribution in [0.5, 0.6) is 0 Å². The summed E-state index contributed by atoms with van der Waals surface area (Å²) < 4.78 is 42.7. The molecule has 32 heavy (non-hydrogen) atoms. The highest BCUT2D eigenvalue weighted by molar-refractivity contribution is 8.14. The molecule has 1 unspecified atom stereocenters. The summed E-state index contributed by atoms with van der Waals surface area (Å²) in [6, 6.07) is 10.5. The zero-order valence-corrected chi connectivity index (χ0v) is 18.4. The van der Waals surface area contributed by atoms with Gasteiger partial charge in [0, 0.05) is 10.9 Å². The number of Topliss-reactive ketones (excluding diaryl/α,β-unsaturated/α-hetero) is 1. The molecule has 0 saturated heterocycles. The molecule has 1 aliphatic rings. The molecule has 0 fully saturated rings. The van der Waals surface area contributed by atoms with Gasteiger partial charge in [0.1, 0.15) is 5.92 Å². The Hall–Kier alpha value is -2.39. The summed E-state index contributed by atoms with van der Waals surface area (Å²) in [5.41, 5.74) is 1.32. The van der Waals surface area contributed by atoms with Crippen LogP contribution in [-0.4, -0.2) is 39.5 Å². The van der Waals surface area contributed by atoms with Gasteiger partial charge in [-0.15, -0.1) is 11.3 Å². The fourth-order valence-electron chi connectivity index (χ4n) is 3.57. The van der Waals surface area contributed by atoms with E-state index < -0.39 is 52.1 Å². The molecule has 4 atom stereocenters. The number of thioether (sulfide) groups is 1. The topological polar surface area (TPSA) is 117 Å². The van der Waals surface area contributed by atoms with Crippen molar-refractivity contribution in [2.24, 2.45) is 22.6 Å². The second kappa shape index (κ2) is 9.23. The Morgan fingerprint density at radius 3 is 2.53 bits per heavy atom. The van der Waals surface area contributed by atoms with Crippen LogP contribution in [0, 0.1) is 23.2 Å². The largest absolute Gasteiger partial charge is 0.439 e. The van der Waals surface area contributed by atoms with E-state index in [4.69, 9.17) is 17.3 Å². The second-order valence-corrected chi connectivity index (χ2v) is 9.25. The molecule has 1 aliphatic heterocycles. The Labute approximate surface area is 193 Å². The summed E-state index contributed by atoms with van der Waals surface area (Å²) >= 11 is 7.67. The molecule has 12 heteroatoms. The van der Waals surface area contributed by atoms with Crippen LogP contribution in [0.15, 0.2) is 46.8 Å². The first kappa shape index (κ1) is 24.3. The molecule has 168 valence electrons. The second-order valence-electron chi connectivity index (χ2n) is 6.90. The van der Waals surface area contributed by atoms with Crippen molar-refractivity contribution >= 4 is 51.4 Å². The van der Waals surface area contributed by atoms with Crippen molar-refractivity contribution in [3.8, 4) is 6.07 Å². The molecule has 6 nitrogen and oxygen atoms in total. The normalized spacial score (nSPS) is 25.6. The number of halogens is 4. The Balaban J connectivity index is 2.31. The lowest BCUT2D eigenvalue weighted by molar-refractivity contribution is -0.274. The number of nitrogens with two attached hydrogens (primary N) is 1. The van der Waals surface area contributed by atoms with Gasteiger partial charge in [0.15, 0.2) is 5.78 Å². The van der Waals surface area contributed by atoms with E-state index in [2.05, 4.69) is 4.99 Å². The van der Waals surface area contributed by atoms with Crippen LogP contribution in [0.3, 0.4) is 0 Å². The number of carbonyl (C=O) groups is 2. The van der Waals surface area contributed by atoms with Gasteiger partial charge in [0.25, 0.3) is 5.72 Å². The van der Waals surface area contributed by atoms with Crippen molar-refractivity contribution < 1.29 is 27.9 Å². The average Bonchev–Trinajstić information content (AvgIpc) is 3.26. The number of hydrogen-bond donors (Lipinski definition) is 2. The van der Waals surface area contributed by atoms with Crippen LogP contribution >= 0.6 is 34.7 Å². The maximum absolute atomic E-state index is 14.2. The number of aliphatic hydroxyl groups is 1. The van der Waals surface area contributed by atoms with Gasteiger partial charge in [-0.2, -0.15) is 18.4 Å². The van der Waals surface area contributed by atoms with Crippen molar-refractivity contribution in [3.05, 3.63) is 57.2 Å². The number of thiophene rings is 1. The molecule has 0 saturated carbocycles. The minimum atomic E-state index is -5.37. The molecule has 1 aromatic heterocycles. The van der Waals surface area contributed by atoms with Crippen LogP contribution in [-0.2, 0) is 4.79 Å². The van der Waals surface area contributed by atoms with E-state index in [1.807, 2.05) is 6.07 Å². The number of amides is 1. The van der Waals surface area contributed by atoms with Crippen molar-refractivity contribution in [1.82, 2.24) is 0 Å². The van der Waals surface area contributed by atoms with E-state index in [1.54, 1.807) is 6.07 Å². The van der Waals surface area contributed by atoms with Crippen molar-refractivity contribution in [3.63, 3.8) is 0 Å². The van der Waals surface area contributed by atoms with Gasteiger partial charge in [-0.3, -0.25) is 9.59 Å². The third-order valence-corrected chi connectivity index (χ3v) is 7.23. The number of nitrogens with zero attached hydrogens (tertiary/aromatic N) is 2. The van der Waals surface area contributed by atoms with E-state index >= 15 is 0 Å². The monoisotopic (exact) mass is 501 g/mol. The molecule has 0 aliphatic carbocycles. The Morgan fingerprint density at radius 2 is 2.00 bits per heavy atom. The van der Waals surface area contributed by atoms with Crippen LogP contribution in [0.2, 0.25) is 5.02 Å². The standard InChI is InChI=1S/C20H15ClF3N3O3S2/c21-12-5-2-1-4-10(12)15-11(8-25)18(32-9-14(26)28)27-19(30,20(22,23)24)16(15)17(29)13-6-3-7-31-13/h1-7,11,15-16,30H,9H2,(H2,26,28)/t11?,15-,16+,19+/m1/s1. The summed E-state index contributed by atoms with van der Waals surface area (Å²) in [7, 11) is 0. The highest BCUT2D eigenvalue weighted by Gasteiger charge is 2.67. The number of hydrogen-bond acceptors (Lipinski definition) is 7. The summed E-state index contributed by atoms with van der Waals surface area (Å²) in [5, 5.41) is 21.8. The zero-order valence-electron chi connectivity index (χ0n) is 16.0. The van der Waals surface area contributed by atoms with E-state index in [0.29, 0.717) is 11.8 Å². The third kappa shape index (κ3) is 4.41. The fourth-order valence-corrected chi connectivity index (χ4v) is 5.41. The Bertz CT molecular complexity index is 1100. The summed E-state index contributed by atoms with van der Waals surface area (Å²) in [6.07, 6.45) is -5.37. The van der Waals surface area contributed by atoms with Gasteiger partial charge in [0.2, 0.25) is 5.91 Å².